The Kier molecular flexibility index (Phi) is 4.62. The van der Waals surface area contributed by atoms with E-state index in [1.165, 1.54) is 12.8 Å². The summed E-state index contributed by atoms with van der Waals surface area (Å²) in [5.74, 6) is 1.40. The maximum Gasteiger partial charge on any atom is 0.246 e. The monoisotopic (exact) mass is 374 g/mol. The first kappa shape index (κ1) is 17.4. The van der Waals surface area contributed by atoms with Crippen LogP contribution in [0.3, 0.4) is 0 Å². The SMILES string of the molecule is CS(=O)(=O)c1ncc2c(n1)CCN(Cc1cccnc1OCC1CC1)C2. The molecule has 0 amide bonds. The van der Waals surface area contributed by atoms with Crippen LogP contribution in [0.5, 0.6) is 5.88 Å². The van der Waals surface area contributed by atoms with Crippen LogP contribution < -0.4 is 4.74 Å². The topological polar surface area (TPSA) is 85.3 Å². The van der Waals surface area contributed by atoms with E-state index in [1.807, 2.05) is 12.1 Å². The molecule has 138 valence electrons. The van der Waals surface area contributed by atoms with Crippen molar-refractivity contribution in [3.63, 3.8) is 0 Å². The van der Waals surface area contributed by atoms with Crippen LogP contribution >= 0.6 is 0 Å². The standard InChI is InChI=1S/C18H22N4O3S/c1-26(23,24)18-20-9-15-11-22(8-6-16(15)21-18)10-14-3-2-7-19-17(14)25-12-13-4-5-13/h2-3,7,9,13H,4-6,8,10-12H2,1H3. The van der Waals surface area contributed by atoms with Gasteiger partial charge in [0.05, 0.1) is 12.3 Å². The fraction of sp³-hybridized carbons (Fsp3) is 0.500. The van der Waals surface area contributed by atoms with Gasteiger partial charge in [0.2, 0.25) is 20.9 Å². The number of fused-ring (bicyclic) bond motifs is 1. The van der Waals surface area contributed by atoms with E-state index in [9.17, 15) is 8.42 Å². The van der Waals surface area contributed by atoms with Gasteiger partial charge in [-0.3, -0.25) is 4.90 Å². The van der Waals surface area contributed by atoms with E-state index < -0.39 is 9.84 Å². The fourth-order valence-electron chi connectivity index (χ4n) is 3.07. The zero-order chi connectivity index (χ0) is 18.1. The number of rotatable bonds is 6. The van der Waals surface area contributed by atoms with Crippen LogP contribution in [0, 0.1) is 5.92 Å². The summed E-state index contributed by atoms with van der Waals surface area (Å²) >= 11 is 0. The average Bonchev–Trinajstić information content (AvgIpc) is 3.44. The Bertz CT molecular complexity index is 912. The average molecular weight is 374 g/mol. The molecule has 8 heteroatoms. The van der Waals surface area contributed by atoms with Crippen LogP contribution in [-0.2, 0) is 29.3 Å². The number of hydrogen-bond acceptors (Lipinski definition) is 7. The van der Waals surface area contributed by atoms with E-state index in [0.717, 1.165) is 42.8 Å². The molecular formula is C18H22N4O3S. The van der Waals surface area contributed by atoms with Gasteiger partial charge in [-0.2, -0.15) is 0 Å². The number of hydrogen-bond donors (Lipinski definition) is 0. The van der Waals surface area contributed by atoms with E-state index in [4.69, 9.17) is 4.74 Å². The van der Waals surface area contributed by atoms with Gasteiger partial charge in [0, 0.05) is 55.8 Å². The summed E-state index contributed by atoms with van der Waals surface area (Å²) in [7, 11) is -3.37. The van der Waals surface area contributed by atoms with E-state index in [0.29, 0.717) is 24.8 Å². The van der Waals surface area contributed by atoms with Gasteiger partial charge in [-0.1, -0.05) is 6.07 Å². The van der Waals surface area contributed by atoms with Crippen molar-refractivity contribution in [2.45, 2.75) is 37.5 Å². The third kappa shape index (κ3) is 4.02. The van der Waals surface area contributed by atoms with Gasteiger partial charge in [-0.15, -0.1) is 0 Å². The summed E-state index contributed by atoms with van der Waals surface area (Å²) in [6.45, 7) is 2.98. The van der Waals surface area contributed by atoms with Gasteiger partial charge in [0.25, 0.3) is 0 Å². The minimum Gasteiger partial charge on any atom is -0.477 e. The minimum absolute atomic E-state index is 0.0901. The van der Waals surface area contributed by atoms with Gasteiger partial charge < -0.3 is 4.74 Å². The third-order valence-corrected chi connectivity index (χ3v) is 5.58. The molecule has 0 aromatic carbocycles. The van der Waals surface area contributed by atoms with Crippen molar-refractivity contribution in [2.24, 2.45) is 5.92 Å². The molecule has 1 aliphatic carbocycles. The molecule has 2 aliphatic rings. The molecule has 1 aliphatic heterocycles. The Labute approximate surface area is 153 Å². The van der Waals surface area contributed by atoms with Gasteiger partial charge in [-0.05, 0) is 24.8 Å². The summed E-state index contributed by atoms with van der Waals surface area (Å²) in [6.07, 6.45) is 7.74. The molecule has 2 aromatic heterocycles. The van der Waals surface area contributed by atoms with Crippen LogP contribution in [-0.4, -0.2) is 47.7 Å². The quantitative estimate of drug-likeness (QED) is 0.710. The Balaban J connectivity index is 1.46. The highest BCUT2D eigenvalue weighted by Crippen LogP contribution is 2.30. The van der Waals surface area contributed by atoms with Crippen molar-refractivity contribution in [1.82, 2.24) is 19.9 Å². The van der Waals surface area contributed by atoms with E-state index in [1.54, 1.807) is 12.4 Å². The zero-order valence-corrected chi connectivity index (χ0v) is 15.6. The molecule has 7 nitrogen and oxygen atoms in total. The lowest BCUT2D eigenvalue weighted by Crippen LogP contribution is -2.31. The van der Waals surface area contributed by atoms with Crippen molar-refractivity contribution in [3.8, 4) is 5.88 Å². The first-order chi connectivity index (χ1) is 12.5. The predicted octanol–water partition coefficient (Wildman–Crippen LogP) is 1.62. The molecule has 26 heavy (non-hydrogen) atoms. The minimum atomic E-state index is -3.37. The highest BCUT2D eigenvalue weighted by Gasteiger charge is 2.24. The number of pyridine rings is 1. The molecule has 2 aromatic rings. The first-order valence-corrected chi connectivity index (χ1v) is 10.7. The van der Waals surface area contributed by atoms with Gasteiger partial charge in [-0.25, -0.2) is 23.4 Å². The lowest BCUT2D eigenvalue weighted by atomic mass is 10.1. The molecule has 0 unspecified atom stereocenters. The first-order valence-electron chi connectivity index (χ1n) is 8.83. The Hall–Kier alpha value is -2.06. The number of aromatic nitrogens is 3. The fourth-order valence-corrected chi connectivity index (χ4v) is 3.59. The van der Waals surface area contributed by atoms with E-state index in [-0.39, 0.29) is 5.16 Å². The Morgan fingerprint density at radius 1 is 1.31 bits per heavy atom. The highest BCUT2D eigenvalue weighted by molar-refractivity contribution is 7.90. The maximum absolute atomic E-state index is 11.6. The predicted molar refractivity (Wildman–Crippen MR) is 95.4 cm³/mol. The molecule has 0 bridgehead atoms. The van der Waals surface area contributed by atoms with Crippen LogP contribution in [0.4, 0.5) is 0 Å². The molecule has 0 atom stereocenters. The number of ether oxygens (including phenoxy) is 1. The third-order valence-electron chi connectivity index (χ3n) is 4.72. The van der Waals surface area contributed by atoms with Gasteiger partial charge in [0.1, 0.15) is 0 Å². The molecule has 0 spiro atoms. The molecule has 1 fully saturated rings. The van der Waals surface area contributed by atoms with Gasteiger partial charge >= 0.3 is 0 Å². The van der Waals surface area contributed by atoms with Crippen LogP contribution in [0.25, 0.3) is 0 Å². The maximum atomic E-state index is 11.6. The summed E-state index contributed by atoms with van der Waals surface area (Å²) < 4.78 is 29.1. The molecule has 3 heterocycles. The van der Waals surface area contributed by atoms with Gasteiger partial charge in [0.15, 0.2) is 0 Å². The smallest absolute Gasteiger partial charge is 0.246 e. The van der Waals surface area contributed by atoms with E-state index in [2.05, 4.69) is 19.9 Å². The molecule has 4 rings (SSSR count). The van der Waals surface area contributed by atoms with Crippen molar-refractivity contribution >= 4 is 9.84 Å². The molecule has 1 saturated carbocycles. The summed E-state index contributed by atoms with van der Waals surface area (Å²) in [4.78, 5) is 14.9. The Morgan fingerprint density at radius 3 is 2.92 bits per heavy atom. The molecular weight excluding hydrogens is 352 g/mol. The number of sulfone groups is 1. The molecule has 0 radical (unpaired) electrons. The molecule has 0 N–H and O–H groups in total. The highest BCUT2D eigenvalue weighted by atomic mass is 32.2. The number of nitrogens with zero attached hydrogens (tertiary/aromatic N) is 4. The normalized spacial score (nSPS) is 17.7. The van der Waals surface area contributed by atoms with Crippen LogP contribution in [0.1, 0.15) is 29.7 Å². The largest absolute Gasteiger partial charge is 0.477 e. The Morgan fingerprint density at radius 2 is 2.15 bits per heavy atom. The van der Waals surface area contributed by atoms with Crippen molar-refractivity contribution < 1.29 is 13.2 Å². The lowest BCUT2D eigenvalue weighted by molar-refractivity contribution is 0.230. The van der Waals surface area contributed by atoms with Crippen molar-refractivity contribution in [1.29, 1.82) is 0 Å². The molecule has 0 saturated heterocycles. The van der Waals surface area contributed by atoms with Crippen LogP contribution in [0.15, 0.2) is 29.7 Å². The van der Waals surface area contributed by atoms with Crippen LogP contribution in [0.2, 0.25) is 0 Å². The lowest BCUT2D eigenvalue weighted by Gasteiger charge is -2.28. The van der Waals surface area contributed by atoms with E-state index >= 15 is 0 Å². The van der Waals surface area contributed by atoms with Crippen molar-refractivity contribution in [3.05, 3.63) is 41.3 Å². The summed E-state index contributed by atoms with van der Waals surface area (Å²) in [6, 6.07) is 3.98. The zero-order valence-electron chi connectivity index (χ0n) is 14.8. The second-order valence-corrected chi connectivity index (χ2v) is 8.99. The summed E-state index contributed by atoms with van der Waals surface area (Å²) in [5, 5.41) is -0.0901. The second kappa shape index (κ2) is 6.92. The second-order valence-electron chi connectivity index (χ2n) is 7.08. The van der Waals surface area contributed by atoms with Crippen molar-refractivity contribution in [2.75, 3.05) is 19.4 Å². The summed E-state index contributed by atoms with van der Waals surface area (Å²) in [5.41, 5.74) is 2.88.